The Hall–Kier alpha value is -1.92. The second kappa shape index (κ2) is 14.5. The Morgan fingerprint density at radius 2 is 1.70 bits per heavy atom. The predicted octanol–water partition coefficient (Wildman–Crippen LogP) is 4.08. The molecular weight excluding hydrogens is 604 g/mol. The summed E-state index contributed by atoms with van der Waals surface area (Å²) in [5.41, 5.74) is -3.82. The summed E-state index contributed by atoms with van der Waals surface area (Å²) >= 11 is 0. The monoisotopic (exact) mass is 664 g/mol. The number of carbonyl (C=O) groups excluding carboxylic acids is 4. The Bertz CT molecular complexity index is 1180. The fourth-order valence-electron chi connectivity index (χ4n) is 8.73. The minimum Gasteiger partial charge on any atom is -0.457 e. The molecule has 2 bridgehead atoms. The molecule has 0 saturated carbocycles. The van der Waals surface area contributed by atoms with E-state index in [1.54, 1.807) is 13.8 Å². The number of esters is 2. The maximum atomic E-state index is 14.8. The molecule has 4 saturated heterocycles. The molecule has 4 fully saturated rings. The number of cyclic esters (lactones) is 1. The highest BCUT2D eigenvalue weighted by Gasteiger charge is 2.57. The zero-order valence-electron chi connectivity index (χ0n) is 30.6. The van der Waals surface area contributed by atoms with Gasteiger partial charge in [-0.3, -0.25) is 19.2 Å². The van der Waals surface area contributed by atoms with E-state index in [0.29, 0.717) is 19.4 Å². The molecule has 5 unspecified atom stereocenters. The lowest BCUT2D eigenvalue weighted by Gasteiger charge is -2.48. The van der Waals surface area contributed by atoms with Gasteiger partial charge in [-0.05, 0) is 86.9 Å². The molecule has 0 spiro atoms. The van der Waals surface area contributed by atoms with Crippen LogP contribution in [-0.2, 0) is 42.9 Å². The third kappa shape index (κ3) is 7.64. The summed E-state index contributed by atoms with van der Waals surface area (Å²) in [5.74, 6) is -2.71. The van der Waals surface area contributed by atoms with E-state index < -0.39 is 47.0 Å². The topological polar surface area (TPSA) is 130 Å². The zero-order valence-corrected chi connectivity index (χ0v) is 30.6. The molecule has 0 aromatic carbocycles. The molecule has 0 aromatic heterocycles. The van der Waals surface area contributed by atoms with Crippen molar-refractivity contribution in [3.63, 3.8) is 0 Å². The number of fused-ring (bicyclic) bond motifs is 5. The van der Waals surface area contributed by atoms with Gasteiger partial charge < -0.3 is 33.9 Å². The van der Waals surface area contributed by atoms with Crippen LogP contribution in [0.3, 0.4) is 0 Å². The van der Waals surface area contributed by atoms with Gasteiger partial charge in [-0.25, -0.2) is 0 Å². The van der Waals surface area contributed by atoms with Crippen LogP contribution in [0.25, 0.3) is 0 Å². The number of nitrogens with one attached hydrogen (secondary N) is 1. The number of rotatable bonds is 4. The van der Waals surface area contributed by atoms with Gasteiger partial charge in [0.25, 0.3) is 0 Å². The number of nitrogens with zero attached hydrogens (tertiary/aromatic N) is 1. The van der Waals surface area contributed by atoms with Crippen LogP contribution in [0.1, 0.15) is 101 Å². The van der Waals surface area contributed by atoms with Crippen LogP contribution < -0.4 is 5.32 Å². The van der Waals surface area contributed by atoms with E-state index in [1.807, 2.05) is 48.7 Å². The van der Waals surface area contributed by atoms with Gasteiger partial charge >= 0.3 is 11.9 Å². The molecule has 268 valence electrons. The molecule has 0 radical (unpaired) electrons. The van der Waals surface area contributed by atoms with Crippen LogP contribution in [0.5, 0.6) is 0 Å². The molecule has 1 N–H and O–H groups in total. The number of Topliss-reactive ketones (excluding diaryl/α,β-unsaturated/α-hetero) is 2. The van der Waals surface area contributed by atoms with E-state index in [9.17, 15) is 19.2 Å². The molecular formula is C36H60N2O9. The molecule has 4 aliphatic rings. The third-order valence-electron chi connectivity index (χ3n) is 11.7. The Morgan fingerprint density at radius 3 is 2.34 bits per heavy atom. The van der Waals surface area contributed by atoms with E-state index in [1.165, 1.54) is 0 Å². The van der Waals surface area contributed by atoms with E-state index in [2.05, 4.69) is 24.1 Å². The minimum absolute atomic E-state index is 0.0176. The van der Waals surface area contributed by atoms with E-state index in [4.69, 9.17) is 23.7 Å². The van der Waals surface area contributed by atoms with E-state index in [0.717, 1.165) is 6.42 Å². The molecule has 4 heterocycles. The van der Waals surface area contributed by atoms with Gasteiger partial charge in [-0.15, -0.1) is 0 Å². The van der Waals surface area contributed by atoms with Crippen molar-refractivity contribution in [1.29, 1.82) is 0 Å². The molecule has 47 heavy (non-hydrogen) atoms. The second-order valence-corrected chi connectivity index (χ2v) is 15.9. The Morgan fingerprint density at radius 1 is 1.02 bits per heavy atom. The van der Waals surface area contributed by atoms with E-state index in [-0.39, 0.29) is 79.3 Å². The molecule has 0 amide bonds. The van der Waals surface area contributed by atoms with Crippen LogP contribution in [0, 0.1) is 29.1 Å². The van der Waals surface area contributed by atoms with Crippen molar-refractivity contribution in [2.45, 2.75) is 149 Å². The number of carbonyl (C=O) groups is 4. The van der Waals surface area contributed by atoms with Crippen molar-refractivity contribution in [3.05, 3.63) is 0 Å². The van der Waals surface area contributed by atoms with Crippen molar-refractivity contribution in [3.8, 4) is 0 Å². The smallest absolute Gasteiger partial charge is 0.319 e. The highest BCUT2D eigenvalue weighted by Crippen LogP contribution is 2.44. The molecule has 0 aromatic rings. The van der Waals surface area contributed by atoms with Crippen LogP contribution in [0.2, 0.25) is 0 Å². The summed E-state index contributed by atoms with van der Waals surface area (Å²) < 4.78 is 32.0. The highest BCUT2D eigenvalue weighted by molar-refractivity contribution is 6.05. The fraction of sp³-hybridized carbons (Fsp3) is 0.889. The lowest BCUT2D eigenvalue weighted by Crippen LogP contribution is -2.59. The third-order valence-corrected chi connectivity index (χ3v) is 11.7. The predicted molar refractivity (Wildman–Crippen MR) is 175 cm³/mol. The molecule has 4 rings (SSSR count). The molecule has 13 atom stereocenters. The summed E-state index contributed by atoms with van der Waals surface area (Å²) in [5, 5.41) is 3.62. The minimum atomic E-state index is -1.65. The van der Waals surface area contributed by atoms with Crippen molar-refractivity contribution < 1.29 is 42.9 Å². The summed E-state index contributed by atoms with van der Waals surface area (Å²) in [6, 6.07) is 0.0477. The second-order valence-electron chi connectivity index (χ2n) is 15.9. The highest BCUT2D eigenvalue weighted by atomic mass is 16.7. The normalized spacial score (nSPS) is 46.0. The lowest BCUT2D eigenvalue weighted by atomic mass is 9.70. The van der Waals surface area contributed by atoms with Gasteiger partial charge in [-0.1, -0.05) is 27.7 Å². The van der Waals surface area contributed by atoms with Crippen LogP contribution in [-0.4, -0.2) is 104 Å². The first-order chi connectivity index (χ1) is 21.9. The summed E-state index contributed by atoms with van der Waals surface area (Å²) in [6.07, 6.45) is -0.497. The standard InChI is InChI=1S/C36H60N2O9/c1-12-28-36(9)26(16-29(40)47-36)24(6)37-18-20(2)17-35(8)31(46-32-22(4)27(38(10)11)15-21(3)44-32)23(5)30(41)34(7,33(42)45-28)14-13-25(39)19-43-35/h20-24,26-28,31-32,37H,12-19H2,1-11H3/t20-,21?,22?,23+,24-,26-,27?,28-,31-,32?,34?,35-,36+/m1/s1. The van der Waals surface area contributed by atoms with Gasteiger partial charge in [0.15, 0.2) is 23.5 Å². The summed E-state index contributed by atoms with van der Waals surface area (Å²) in [7, 11) is 4.09. The Labute approximate surface area is 281 Å². The van der Waals surface area contributed by atoms with Crippen LogP contribution in [0.4, 0.5) is 0 Å². The van der Waals surface area contributed by atoms with Crippen molar-refractivity contribution in [1.82, 2.24) is 10.2 Å². The Balaban J connectivity index is 1.83. The SMILES string of the molecule is CC[C@H]1OC(=O)C2(C)CCC(=O)CO[C@](C)(C[C@@H](C)CN[C@H](C)[C@H]3CC(=O)O[C@@]31C)[C@H](OC1OC(C)CC(N(C)C)C1C)[C@@H](C)C2=O. The largest absolute Gasteiger partial charge is 0.457 e. The quantitative estimate of drug-likeness (QED) is 0.345. The number of ether oxygens (including phenoxy) is 5. The average Bonchev–Trinajstić information content (AvgIpc) is 3.32. The number of ketones is 2. The van der Waals surface area contributed by atoms with Crippen molar-refractivity contribution >= 4 is 23.5 Å². The van der Waals surface area contributed by atoms with E-state index >= 15 is 0 Å². The summed E-state index contributed by atoms with van der Waals surface area (Å²) in [4.78, 5) is 57.3. The van der Waals surface area contributed by atoms with Gasteiger partial charge in [0.05, 0.1) is 24.2 Å². The molecule has 11 heteroatoms. The average molecular weight is 665 g/mol. The first kappa shape index (κ1) is 37.9. The summed E-state index contributed by atoms with van der Waals surface area (Å²) in [6.45, 7) is 17.7. The molecule has 4 aliphatic heterocycles. The molecule has 11 nitrogen and oxygen atoms in total. The van der Waals surface area contributed by atoms with Crippen LogP contribution in [0.15, 0.2) is 0 Å². The van der Waals surface area contributed by atoms with Gasteiger partial charge in [-0.2, -0.15) is 0 Å². The van der Waals surface area contributed by atoms with Crippen molar-refractivity contribution in [2.75, 3.05) is 27.2 Å². The van der Waals surface area contributed by atoms with Gasteiger partial charge in [0, 0.05) is 36.3 Å². The first-order valence-corrected chi connectivity index (χ1v) is 17.7. The zero-order chi connectivity index (χ0) is 35.1. The van der Waals surface area contributed by atoms with Crippen LogP contribution >= 0.6 is 0 Å². The molecule has 0 aliphatic carbocycles. The lowest BCUT2D eigenvalue weighted by molar-refractivity contribution is -0.283. The first-order valence-electron chi connectivity index (χ1n) is 17.7. The number of hydrogen-bond acceptors (Lipinski definition) is 11. The van der Waals surface area contributed by atoms with Gasteiger partial charge in [0.2, 0.25) is 0 Å². The van der Waals surface area contributed by atoms with Crippen molar-refractivity contribution in [2.24, 2.45) is 29.1 Å². The van der Waals surface area contributed by atoms with Gasteiger partial charge in [0.1, 0.15) is 18.1 Å². The maximum Gasteiger partial charge on any atom is 0.319 e. The Kier molecular flexibility index (Phi) is 11.7. The number of hydrogen-bond donors (Lipinski definition) is 1. The fourth-order valence-corrected chi connectivity index (χ4v) is 8.73. The maximum absolute atomic E-state index is 14.8.